The second kappa shape index (κ2) is 7.96. The number of nitrogens with one attached hydrogen (secondary N) is 1. The summed E-state index contributed by atoms with van der Waals surface area (Å²) in [5.41, 5.74) is 0.480. The Balaban J connectivity index is 1.82. The lowest BCUT2D eigenvalue weighted by molar-refractivity contribution is -0.384. The Morgan fingerprint density at radius 3 is 2.67 bits per heavy atom. The van der Waals surface area contributed by atoms with E-state index in [1.807, 2.05) is 0 Å². The zero-order valence-corrected chi connectivity index (χ0v) is 15.8. The van der Waals surface area contributed by atoms with Gasteiger partial charge < -0.3 is 5.32 Å². The molecule has 3 rings (SSSR count). The first-order valence-electron chi connectivity index (χ1n) is 7.57. The molecule has 0 saturated carbocycles. The Hall–Kier alpha value is -2.61. The quantitative estimate of drug-likeness (QED) is 0.457. The Labute approximate surface area is 168 Å². The molecule has 7 nitrogen and oxygen atoms in total. The Morgan fingerprint density at radius 1 is 1.15 bits per heavy atom. The molecule has 1 amide bonds. The molecule has 2 aromatic carbocycles. The third-order valence-electron chi connectivity index (χ3n) is 3.71. The average molecular weight is 426 g/mol. The van der Waals surface area contributed by atoms with Gasteiger partial charge in [0.2, 0.25) is 0 Å². The van der Waals surface area contributed by atoms with E-state index < -0.39 is 10.8 Å². The molecule has 0 aliphatic rings. The van der Waals surface area contributed by atoms with Crippen LogP contribution in [-0.4, -0.2) is 20.6 Å². The third kappa shape index (κ3) is 4.21. The molecule has 0 bridgehead atoms. The van der Waals surface area contributed by atoms with Crippen molar-refractivity contribution in [3.05, 3.63) is 85.0 Å². The van der Waals surface area contributed by atoms with E-state index in [0.29, 0.717) is 15.9 Å². The monoisotopic (exact) mass is 424 g/mol. The fraction of sp³-hybridized carbons (Fsp3) is 0.0588. The van der Waals surface area contributed by atoms with Crippen LogP contribution in [0.25, 0.3) is 0 Å². The molecule has 0 saturated heterocycles. The molecule has 0 spiro atoms. The van der Waals surface area contributed by atoms with Gasteiger partial charge in [-0.1, -0.05) is 46.9 Å². The lowest BCUT2D eigenvalue weighted by atomic mass is 10.2. The van der Waals surface area contributed by atoms with Gasteiger partial charge in [0.15, 0.2) is 0 Å². The highest BCUT2D eigenvalue weighted by Crippen LogP contribution is 2.27. The Kier molecular flexibility index (Phi) is 5.65. The first kappa shape index (κ1) is 19.2. The summed E-state index contributed by atoms with van der Waals surface area (Å²) < 4.78 is 1.53. The fourth-order valence-corrected chi connectivity index (χ4v) is 2.95. The molecule has 0 radical (unpaired) electrons. The summed E-state index contributed by atoms with van der Waals surface area (Å²) in [6, 6.07) is 10.7. The number of carbonyl (C=O) groups excluding carboxylic acids is 1. The smallest absolute Gasteiger partial charge is 0.288 e. The standard InChI is InChI=1S/C17H11Cl3N4O3/c18-12-5-4-10(8-14(12)24(26)27)17(25)22-15-6-7-21-23(15)9-11-2-1-3-13(19)16(11)20/h1-8H,9H2,(H,22,25). The maximum atomic E-state index is 12.5. The highest BCUT2D eigenvalue weighted by molar-refractivity contribution is 6.42. The van der Waals surface area contributed by atoms with Gasteiger partial charge in [0, 0.05) is 17.7 Å². The first-order valence-corrected chi connectivity index (χ1v) is 8.70. The van der Waals surface area contributed by atoms with Gasteiger partial charge in [-0.25, -0.2) is 4.68 Å². The molecule has 0 aliphatic heterocycles. The second-order valence-corrected chi connectivity index (χ2v) is 6.66. The number of nitro groups is 1. The number of amides is 1. The number of anilines is 1. The van der Waals surface area contributed by atoms with Gasteiger partial charge in [0.25, 0.3) is 11.6 Å². The molecule has 0 fully saturated rings. The number of rotatable bonds is 5. The van der Waals surface area contributed by atoms with E-state index in [9.17, 15) is 14.9 Å². The number of hydrogen-bond donors (Lipinski definition) is 1. The minimum atomic E-state index is -0.648. The highest BCUT2D eigenvalue weighted by atomic mass is 35.5. The molecule has 3 aromatic rings. The van der Waals surface area contributed by atoms with Crippen molar-refractivity contribution in [2.75, 3.05) is 5.32 Å². The van der Waals surface area contributed by atoms with Gasteiger partial charge in [-0.15, -0.1) is 0 Å². The third-order valence-corrected chi connectivity index (χ3v) is 4.89. The molecule has 1 aromatic heterocycles. The molecule has 1 heterocycles. The number of carbonyl (C=O) groups is 1. The summed E-state index contributed by atoms with van der Waals surface area (Å²) in [7, 11) is 0. The van der Waals surface area contributed by atoms with Crippen LogP contribution >= 0.6 is 34.8 Å². The molecule has 27 heavy (non-hydrogen) atoms. The molecule has 10 heteroatoms. The molecule has 0 atom stereocenters. The lowest BCUT2D eigenvalue weighted by Gasteiger charge is -2.11. The molecule has 0 unspecified atom stereocenters. The Morgan fingerprint density at radius 2 is 1.93 bits per heavy atom. The van der Waals surface area contributed by atoms with Crippen molar-refractivity contribution in [2.45, 2.75) is 6.54 Å². The van der Waals surface area contributed by atoms with E-state index >= 15 is 0 Å². The summed E-state index contributed by atoms with van der Waals surface area (Å²) >= 11 is 18.0. The van der Waals surface area contributed by atoms with Crippen LogP contribution in [0.1, 0.15) is 15.9 Å². The van der Waals surface area contributed by atoms with Crippen LogP contribution in [0.4, 0.5) is 11.5 Å². The number of hydrogen-bond acceptors (Lipinski definition) is 4. The van der Waals surface area contributed by atoms with Crippen LogP contribution in [0.2, 0.25) is 15.1 Å². The lowest BCUT2D eigenvalue weighted by Crippen LogP contribution is -2.16. The topological polar surface area (TPSA) is 90.1 Å². The maximum Gasteiger partial charge on any atom is 0.288 e. The summed E-state index contributed by atoms with van der Waals surface area (Å²) in [4.78, 5) is 22.8. The zero-order valence-electron chi connectivity index (χ0n) is 13.5. The fourth-order valence-electron chi connectivity index (χ4n) is 2.38. The van der Waals surface area contributed by atoms with Gasteiger partial charge in [-0.2, -0.15) is 5.10 Å². The van der Waals surface area contributed by atoms with E-state index in [1.165, 1.54) is 23.0 Å². The Bertz CT molecular complexity index is 1040. The van der Waals surface area contributed by atoms with Gasteiger partial charge in [0.1, 0.15) is 10.8 Å². The first-order chi connectivity index (χ1) is 12.9. The molecular weight excluding hydrogens is 415 g/mol. The van der Waals surface area contributed by atoms with Gasteiger partial charge in [0.05, 0.1) is 27.7 Å². The van der Waals surface area contributed by atoms with Crippen molar-refractivity contribution >= 4 is 52.2 Å². The van der Waals surface area contributed by atoms with Crippen LogP contribution in [-0.2, 0) is 6.54 Å². The van der Waals surface area contributed by atoms with E-state index in [0.717, 1.165) is 11.6 Å². The summed E-state index contributed by atoms with van der Waals surface area (Å²) in [6.07, 6.45) is 1.51. The maximum absolute atomic E-state index is 12.5. The average Bonchev–Trinajstić information content (AvgIpc) is 3.05. The van der Waals surface area contributed by atoms with Crippen molar-refractivity contribution in [1.82, 2.24) is 9.78 Å². The van der Waals surface area contributed by atoms with Crippen LogP contribution in [0.5, 0.6) is 0 Å². The number of aromatic nitrogens is 2. The van der Waals surface area contributed by atoms with Gasteiger partial charge >= 0.3 is 0 Å². The highest BCUT2D eigenvalue weighted by Gasteiger charge is 2.17. The van der Waals surface area contributed by atoms with Gasteiger partial charge in [-0.05, 0) is 23.8 Å². The molecule has 0 aliphatic carbocycles. The van der Waals surface area contributed by atoms with Crippen LogP contribution in [0, 0.1) is 10.1 Å². The molecule has 138 valence electrons. The van der Waals surface area contributed by atoms with Crippen molar-refractivity contribution < 1.29 is 9.72 Å². The van der Waals surface area contributed by atoms with Crippen molar-refractivity contribution in [1.29, 1.82) is 0 Å². The normalized spacial score (nSPS) is 10.6. The molecular formula is C17H11Cl3N4O3. The predicted octanol–water partition coefficient (Wildman–Crippen LogP) is 5.05. The minimum Gasteiger partial charge on any atom is -0.307 e. The van der Waals surface area contributed by atoms with Crippen LogP contribution < -0.4 is 5.32 Å². The second-order valence-electron chi connectivity index (χ2n) is 5.46. The zero-order chi connectivity index (χ0) is 19.6. The largest absolute Gasteiger partial charge is 0.307 e. The van der Waals surface area contributed by atoms with E-state index in [2.05, 4.69) is 10.4 Å². The van der Waals surface area contributed by atoms with Crippen LogP contribution in [0.3, 0.4) is 0 Å². The van der Waals surface area contributed by atoms with E-state index in [1.54, 1.807) is 24.3 Å². The van der Waals surface area contributed by atoms with Crippen molar-refractivity contribution in [3.63, 3.8) is 0 Å². The number of nitro benzene ring substituents is 1. The van der Waals surface area contributed by atoms with E-state index in [-0.39, 0.29) is 22.8 Å². The minimum absolute atomic E-state index is 0.0443. The summed E-state index contributed by atoms with van der Waals surface area (Å²) in [5, 5.41) is 18.6. The summed E-state index contributed by atoms with van der Waals surface area (Å²) in [5.74, 6) is -0.137. The van der Waals surface area contributed by atoms with E-state index in [4.69, 9.17) is 34.8 Å². The van der Waals surface area contributed by atoms with Crippen molar-refractivity contribution in [2.24, 2.45) is 0 Å². The van der Waals surface area contributed by atoms with Crippen LogP contribution in [0.15, 0.2) is 48.7 Å². The summed E-state index contributed by atoms with van der Waals surface area (Å²) in [6.45, 7) is 0.281. The van der Waals surface area contributed by atoms with Crippen molar-refractivity contribution in [3.8, 4) is 0 Å². The number of nitrogens with zero attached hydrogens (tertiary/aromatic N) is 3. The number of benzene rings is 2. The predicted molar refractivity (Wildman–Crippen MR) is 104 cm³/mol. The number of halogens is 3. The van der Waals surface area contributed by atoms with Gasteiger partial charge in [-0.3, -0.25) is 14.9 Å². The molecule has 1 N–H and O–H groups in total. The SMILES string of the molecule is O=C(Nc1ccnn1Cc1cccc(Cl)c1Cl)c1ccc(Cl)c([N+](=O)[O-])c1.